The highest BCUT2D eigenvalue weighted by atomic mass is 35.5. The van der Waals surface area contributed by atoms with Gasteiger partial charge in [0.05, 0.1) is 29.1 Å². The number of carbonyl (C=O) groups is 3. The van der Waals surface area contributed by atoms with E-state index in [4.69, 9.17) is 52.1 Å². The van der Waals surface area contributed by atoms with Gasteiger partial charge in [-0.1, -0.05) is 67.2 Å². The molecule has 3 aliphatic heterocycles. The van der Waals surface area contributed by atoms with Crippen LogP contribution in [0.5, 0.6) is 0 Å². The van der Waals surface area contributed by atoms with E-state index in [1.165, 1.54) is 40.1 Å². The molecule has 5 rings (SSSR count). The average molecular weight is 634 g/mol. The highest BCUT2D eigenvalue weighted by Gasteiger charge is 2.74. The quantitative estimate of drug-likeness (QED) is 0.434. The maximum absolute atomic E-state index is 15.1. The van der Waals surface area contributed by atoms with Crippen LogP contribution >= 0.6 is 46.4 Å². The number of hydrogen-bond acceptors (Lipinski definition) is 4. The molecule has 0 radical (unpaired) electrons. The number of anilines is 2. The van der Waals surface area contributed by atoms with Crippen molar-refractivity contribution >= 4 is 75.5 Å². The van der Waals surface area contributed by atoms with Crippen LogP contribution in [0.2, 0.25) is 20.1 Å². The summed E-state index contributed by atoms with van der Waals surface area (Å²) in [4.78, 5) is 44.3. The minimum absolute atomic E-state index is 0.0659. The zero-order valence-corrected chi connectivity index (χ0v) is 24.7. The third-order valence-electron chi connectivity index (χ3n) is 7.69. The van der Waals surface area contributed by atoms with Gasteiger partial charge in [-0.15, -0.1) is 0 Å². The van der Waals surface area contributed by atoms with Crippen molar-refractivity contribution in [2.24, 2.45) is 23.0 Å². The van der Waals surface area contributed by atoms with Crippen molar-refractivity contribution in [1.82, 2.24) is 4.90 Å². The molecule has 3 N–H and O–H groups in total. The molecular weight excluding hydrogens is 608 g/mol. The summed E-state index contributed by atoms with van der Waals surface area (Å²) < 4.78 is 30.3. The van der Waals surface area contributed by atoms with Crippen molar-refractivity contribution in [3.8, 4) is 0 Å². The lowest BCUT2D eigenvalue weighted by molar-refractivity contribution is -0.140. The Kier molecular flexibility index (Phi) is 7.11. The summed E-state index contributed by atoms with van der Waals surface area (Å²) in [6, 6.07) is 6.14. The Balaban J connectivity index is 1.74. The molecule has 3 aliphatic rings. The third-order valence-corrected chi connectivity index (χ3v) is 8.64. The molecule has 2 fully saturated rings. The molecule has 7 nitrogen and oxygen atoms in total. The van der Waals surface area contributed by atoms with Gasteiger partial charge < -0.3 is 16.0 Å². The van der Waals surface area contributed by atoms with Gasteiger partial charge >= 0.3 is 0 Å². The fraction of sp³-hybridized carbons (Fsp3) is 0.444. The molecule has 1 spiro atoms. The first-order chi connectivity index (χ1) is 18.5. The third kappa shape index (κ3) is 4.64. The van der Waals surface area contributed by atoms with Gasteiger partial charge in [-0.3, -0.25) is 19.3 Å². The van der Waals surface area contributed by atoms with Crippen LogP contribution in [-0.4, -0.2) is 47.7 Å². The topological polar surface area (TPSA) is 95.7 Å². The van der Waals surface area contributed by atoms with Crippen LogP contribution in [0, 0.1) is 17.3 Å². The van der Waals surface area contributed by atoms with Crippen molar-refractivity contribution in [2.75, 3.05) is 23.3 Å². The van der Waals surface area contributed by atoms with Crippen LogP contribution in [-0.2, 0) is 19.9 Å². The smallest absolute Gasteiger partial charge is 0.262 e. The molecule has 4 atom stereocenters. The molecule has 2 saturated heterocycles. The second kappa shape index (κ2) is 9.70. The first-order valence-electron chi connectivity index (χ1n) is 12.5. The lowest BCUT2D eigenvalue weighted by Crippen LogP contribution is -2.56. The van der Waals surface area contributed by atoms with Crippen molar-refractivity contribution < 1.29 is 23.2 Å². The number of nitrogens with two attached hydrogens (primary N) is 1. The zero-order valence-electron chi connectivity index (χ0n) is 21.7. The lowest BCUT2D eigenvalue weighted by atomic mass is 9.73. The number of primary amides is 1. The zero-order chi connectivity index (χ0) is 29.5. The Morgan fingerprint density at radius 3 is 2.25 bits per heavy atom. The monoisotopic (exact) mass is 632 g/mol. The van der Waals surface area contributed by atoms with Crippen LogP contribution in [0.1, 0.15) is 32.8 Å². The number of fused-ring (bicyclic) bond motifs is 4. The maximum Gasteiger partial charge on any atom is 0.262 e. The van der Waals surface area contributed by atoms with E-state index in [2.05, 4.69) is 5.32 Å². The molecule has 0 aromatic heterocycles. The van der Waals surface area contributed by atoms with Crippen LogP contribution in [0.15, 0.2) is 30.3 Å². The van der Waals surface area contributed by atoms with Gasteiger partial charge in [-0.25, -0.2) is 8.78 Å². The molecule has 0 bridgehead atoms. The van der Waals surface area contributed by atoms with Crippen molar-refractivity contribution in [1.29, 1.82) is 0 Å². The predicted molar refractivity (Wildman–Crippen MR) is 151 cm³/mol. The van der Waals surface area contributed by atoms with E-state index in [1.54, 1.807) is 0 Å². The number of hydrogen-bond donors (Lipinski definition) is 2. The Bertz CT molecular complexity index is 1430. The number of alkyl halides is 2. The molecule has 0 saturated carbocycles. The van der Waals surface area contributed by atoms with Crippen LogP contribution < -0.4 is 16.0 Å². The molecule has 0 aliphatic carbocycles. The summed E-state index contributed by atoms with van der Waals surface area (Å²) in [5, 5.41) is 3.35. The number of nitrogens with one attached hydrogen (secondary N) is 1. The summed E-state index contributed by atoms with van der Waals surface area (Å²) in [5.74, 6) is -8.61. The van der Waals surface area contributed by atoms with E-state index >= 15 is 8.78 Å². The van der Waals surface area contributed by atoms with E-state index in [-0.39, 0.29) is 37.9 Å². The van der Waals surface area contributed by atoms with Crippen LogP contribution in [0.25, 0.3) is 0 Å². The summed E-state index contributed by atoms with van der Waals surface area (Å²) in [7, 11) is 0. The molecular formula is C27H26Cl4F2N4O3. The number of benzene rings is 2. The molecule has 40 heavy (non-hydrogen) atoms. The number of carbonyl (C=O) groups excluding carboxylic acids is 3. The first kappa shape index (κ1) is 29.3. The molecule has 3 heterocycles. The van der Waals surface area contributed by atoms with Gasteiger partial charge in [0, 0.05) is 45.3 Å². The van der Waals surface area contributed by atoms with Gasteiger partial charge in [0.2, 0.25) is 11.8 Å². The van der Waals surface area contributed by atoms with Gasteiger partial charge in [-0.2, -0.15) is 0 Å². The predicted octanol–water partition coefficient (Wildman–Crippen LogP) is 5.97. The summed E-state index contributed by atoms with van der Waals surface area (Å²) in [6.07, 6.45) is -0.758. The molecule has 2 aromatic carbocycles. The van der Waals surface area contributed by atoms with E-state index in [0.29, 0.717) is 5.69 Å². The number of rotatable bonds is 4. The van der Waals surface area contributed by atoms with Gasteiger partial charge in [0.1, 0.15) is 5.54 Å². The Hall–Kier alpha value is -2.17. The van der Waals surface area contributed by atoms with E-state index in [0.717, 1.165) is 0 Å². The Labute approximate surface area is 249 Å². The SMILES string of the molecule is CC(C)(C)CN(C(=O)[C@H]1[C@H]2CC(F)(F)CN2[C@]2(C(=O)Nc3c(Cl)cc(Cl)cc32)[C@H]1C(N)=O)c1cc(Cl)cc(Cl)c1. The standard InChI is InChI=1S/C27H26Cl4F2N4O3/c1-25(2,3)10-36(15-5-12(28)4-13(29)6-15)23(39)19-18-9-26(32,33)11-37(18)27(20(19)22(34)38)16-7-14(30)8-17(31)21(16)35-24(27)40/h4-8,18-20H,9-11H2,1-3H3,(H2,34,38)(H,35,40)/t18-,19+,20-,27+/m1/s1. The highest BCUT2D eigenvalue weighted by Crippen LogP contribution is 2.61. The fourth-order valence-corrected chi connectivity index (χ4v) is 7.53. The molecule has 3 amide bonds. The molecule has 13 heteroatoms. The summed E-state index contributed by atoms with van der Waals surface area (Å²) in [6.45, 7) is 4.93. The van der Waals surface area contributed by atoms with E-state index in [1.807, 2.05) is 20.8 Å². The second-order valence-electron chi connectivity index (χ2n) is 11.8. The minimum atomic E-state index is -3.25. The van der Waals surface area contributed by atoms with Gasteiger partial charge in [-0.05, 0) is 35.7 Å². The number of halogens is 6. The highest BCUT2D eigenvalue weighted by molar-refractivity contribution is 6.38. The van der Waals surface area contributed by atoms with Crippen LogP contribution in [0.3, 0.4) is 0 Å². The first-order valence-corrected chi connectivity index (χ1v) is 14.0. The van der Waals surface area contributed by atoms with Crippen molar-refractivity contribution in [2.45, 2.75) is 44.7 Å². The van der Waals surface area contributed by atoms with Crippen molar-refractivity contribution in [3.63, 3.8) is 0 Å². The number of amides is 3. The summed E-state index contributed by atoms with van der Waals surface area (Å²) >= 11 is 25.2. The van der Waals surface area contributed by atoms with E-state index < -0.39 is 65.4 Å². The summed E-state index contributed by atoms with van der Waals surface area (Å²) in [5.41, 5.74) is 4.04. The molecule has 2 aromatic rings. The lowest BCUT2D eigenvalue weighted by Gasteiger charge is -2.37. The molecule has 0 unspecified atom stereocenters. The number of nitrogens with zero attached hydrogens (tertiary/aromatic N) is 2. The van der Waals surface area contributed by atoms with Gasteiger partial charge in [0.15, 0.2) is 0 Å². The molecule has 214 valence electrons. The van der Waals surface area contributed by atoms with E-state index in [9.17, 15) is 14.4 Å². The fourth-order valence-electron chi connectivity index (χ4n) is 6.48. The largest absolute Gasteiger partial charge is 0.369 e. The Morgan fingerprint density at radius 1 is 1.07 bits per heavy atom. The van der Waals surface area contributed by atoms with Gasteiger partial charge in [0.25, 0.3) is 11.8 Å². The average Bonchev–Trinajstić information content (AvgIpc) is 3.37. The van der Waals surface area contributed by atoms with Crippen molar-refractivity contribution in [3.05, 3.63) is 56.0 Å². The second-order valence-corrected chi connectivity index (χ2v) is 13.5. The maximum atomic E-state index is 15.1. The minimum Gasteiger partial charge on any atom is -0.369 e. The normalized spacial score (nSPS) is 27.0. The van der Waals surface area contributed by atoms with Crippen LogP contribution in [0.4, 0.5) is 20.2 Å². The Morgan fingerprint density at radius 2 is 1.68 bits per heavy atom.